The molecule has 0 amide bonds. The maximum absolute atomic E-state index is 12.3. The van der Waals surface area contributed by atoms with Crippen LogP contribution in [0.1, 0.15) is 30.0 Å². The van der Waals surface area contributed by atoms with Gasteiger partial charge in [0.1, 0.15) is 0 Å². The van der Waals surface area contributed by atoms with Crippen molar-refractivity contribution in [1.29, 1.82) is 0 Å². The van der Waals surface area contributed by atoms with Gasteiger partial charge >= 0.3 is 0 Å². The van der Waals surface area contributed by atoms with Crippen LogP contribution in [0.25, 0.3) is 0 Å². The Balaban J connectivity index is 3.12. The molecule has 0 atom stereocenters. The molecule has 1 rings (SSSR count). The first kappa shape index (κ1) is 17.1. The molecule has 6 heteroatoms. The van der Waals surface area contributed by atoms with Gasteiger partial charge in [0.25, 0.3) is 10.0 Å². The van der Waals surface area contributed by atoms with Crippen molar-refractivity contribution in [2.45, 2.75) is 38.6 Å². The zero-order chi connectivity index (χ0) is 15.3. The average molecular weight is 299 g/mol. The van der Waals surface area contributed by atoms with Gasteiger partial charge in [-0.2, -0.15) is 0 Å². The van der Waals surface area contributed by atoms with Gasteiger partial charge in [0.2, 0.25) is 0 Å². The summed E-state index contributed by atoms with van der Waals surface area (Å²) < 4.78 is 24.6. The Morgan fingerprint density at radius 3 is 2.40 bits per heavy atom. The second-order valence-corrected chi connectivity index (χ2v) is 6.83. The van der Waals surface area contributed by atoms with Crippen LogP contribution < -0.4 is 10.1 Å². The monoisotopic (exact) mass is 299 g/mol. The van der Waals surface area contributed by atoms with Gasteiger partial charge in [-0.05, 0) is 49.6 Å². The predicted octanol–water partition coefficient (Wildman–Crippen LogP) is 1.56. The van der Waals surface area contributed by atoms with Crippen LogP contribution in [0, 0.1) is 13.8 Å². The minimum absolute atomic E-state index is 0.347. The number of nitrogens with one attached hydrogen (secondary N) is 2. The molecular formula is C14H25N3O2S. The quantitative estimate of drug-likeness (QED) is 0.592. The van der Waals surface area contributed by atoms with Crippen molar-refractivity contribution in [3.63, 3.8) is 0 Å². The zero-order valence-corrected chi connectivity index (χ0v) is 13.8. The van der Waals surface area contributed by atoms with Gasteiger partial charge in [0, 0.05) is 20.6 Å². The van der Waals surface area contributed by atoms with Gasteiger partial charge in [-0.15, -0.1) is 4.83 Å². The van der Waals surface area contributed by atoms with E-state index in [-0.39, 0.29) is 0 Å². The van der Waals surface area contributed by atoms with Crippen molar-refractivity contribution in [1.82, 2.24) is 15.2 Å². The van der Waals surface area contributed by atoms with Crippen molar-refractivity contribution in [2.75, 3.05) is 20.6 Å². The first-order chi connectivity index (χ1) is 9.27. The normalized spacial score (nSPS) is 12.1. The third-order valence-electron chi connectivity index (χ3n) is 3.03. The van der Waals surface area contributed by atoms with Crippen molar-refractivity contribution in [2.24, 2.45) is 0 Å². The number of aryl methyl sites for hydroxylation is 1. The van der Waals surface area contributed by atoms with Gasteiger partial charge in [-0.3, -0.25) is 0 Å². The fraction of sp³-hybridized carbons (Fsp3) is 0.571. The number of sulfonamides is 1. The number of hydrazine groups is 1. The molecule has 20 heavy (non-hydrogen) atoms. The van der Waals surface area contributed by atoms with Crippen LogP contribution in [-0.4, -0.2) is 34.1 Å². The summed E-state index contributed by atoms with van der Waals surface area (Å²) in [7, 11) is -0.199. The van der Waals surface area contributed by atoms with Crippen molar-refractivity contribution >= 4 is 10.0 Å². The second-order valence-electron chi connectivity index (χ2n) is 5.20. The number of nitrogens with zero attached hydrogens (tertiary/aromatic N) is 1. The SMILES string of the molecule is CCCNCc1cc(C)c(C)c(S(=O)(=O)NN(C)C)c1. The third-order valence-corrected chi connectivity index (χ3v) is 4.64. The standard InChI is InChI=1S/C14H25N3O2S/c1-6-7-15-10-13-8-11(2)12(3)14(9-13)20(18,19)16-17(4)5/h8-9,15-16H,6-7,10H2,1-5H3. The molecule has 114 valence electrons. The molecule has 5 nitrogen and oxygen atoms in total. The lowest BCUT2D eigenvalue weighted by Gasteiger charge is -2.16. The van der Waals surface area contributed by atoms with Crippen molar-refractivity contribution in [3.8, 4) is 0 Å². The number of hydrogen-bond acceptors (Lipinski definition) is 4. The van der Waals surface area contributed by atoms with Crippen molar-refractivity contribution in [3.05, 3.63) is 28.8 Å². The van der Waals surface area contributed by atoms with Crippen molar-refractivity contribution < 1.29 is 8.42 Å². The van der Waals surface area contributed by atoms with E-state index in [4.69, 9.17) is 0 Å². The molecule has 1 aromatic carbocycles. The number of rotatable bonds is 7. The summed E-state index contributed by atoms with van der Waals surface area (Å²) in [4.78, 5) is 2.83. The van der Waals surface area contributed by atoms with Gasteiger partial charge < -0.3 is 5.32 Å². The minimum Gasteiger partial charge on any atom is -0.313 e. The van der Waals surface area contributed by atoms with E-state index < -0.39 is 10.0 Å². The lowest BCUT2D eigenvalue weighted by molar-refractivity contribution is 0.364. The largest absolute Gasteiger partial charge is 0.313 e. The Kier molecular flexibility index (Phi) is 6.13. The van der Waals surface area contributed by atoms with E-state index in [0.717, 1.165) is 29.7 Å². The van der Waals surface area contributed by atoms with Crippen LogP contribution in [-0.2, 0) is 16.6 Å². The van der Waals surface area contributed by atoms with Gasteiger partial charge in [-0.1, -0.05) is 13.0 Å². The van der Waals surface area contributed by atoms with Gasteiger partial charge in [0.15, 0.2) is 0 Å². The summed E-state index contributed by atoms with van der Waals surface area (Å²) in [5.74, 6) is 0. The summed E-state index contributed by atoms with van der Waals surface area (Å²) in [6.45, 7) is 7.48. The molecule has 2 N–H and O–H groups in total. The summed E-state index contributed by atoms with van der Waals surface area (Å²) in [5.41, 5.74) is 2.76. The van der Waals surface area contributed by atoms with E-state index in [1.165, 1.54) is 5.01 Å². The van der Waals surface area contributed by atoms with Crippen LogP contribution in [0.3, 0.4) is 0 Å². The number of benzene rings is 1. The minimum atomic E-state index is -3.52. The summed E-state index contributed by atoms with van der Waals surface area (Å²) >= 11 is 0. The van der Waals surface area contributed by atoms with E-state index >= 15 is 0 Å². The summed E-state index contributed by atoms with van der Waals surface area (Å²) in [5, 5.41) is 4.73. The molecule has 0 bridgehead atoms. The van der Waals surface area contributed by atoms with E-state index in [9.17, 15) is 8.42 Å². The molecule has 0 aliphatic rings. The fourth-order valence-corrected chi connectivity index (χ4v) is 3.43. The topological polar surface area (TPSA) is 61.4 Å². The Labute approximate surface area is 122 Å². The highest BCUT2D eigenvalue weighted by molar-refractivity contribution is 7.89. The van der Waals surface area contributed by atoms with E-state index in [1.54, 1.807) is 20.2 Å². The maximum Gasteiger partial charge on any atom is 0.253 e. The molecule has 1 aromatic rings. The van der Waals surface area contributed by atoms with Crippen LogP contribution >= 0.6 is 0 Å². The Hall–Kier alpha value is -0.950. The molecule has 0 fully saturated rings. The molecule has 0 radical (unpaired) electrons. The molecule has 0 saturated heterocycles. The smallest absolute Gasteiger partial charge is 0.253 e. The van der Waals surface area contributed by atoms with Crippen LogP contribution in [0.2, 0.25) is 0 Å². The first-order valence-electron chi connectivity index (χ1n) is 6.78. The highest BCUT2D eigenvalue weighted by atomic mass is 32.2. The zero-order valence-electron chi connectivity index (χ0n) is 12.9. The molecular weight excluding hydrogens is 274 g/mol. The summed E-state index contributed by atoms with van der Waals surface area (Å²) in [6, 6.07) is 3.78. The highest BCUT2D eigenvalue weighted by Gasteiger charge is 2.19. The lowest BCUT2D eigenvalue weighted by atomic mass is 10.1. The Morgan fingerprint density at radius 1 is 1.20 bits per heavy atom. The molecule has 0 saturated carbocycles. The maximum atomic E-state index is 12.3. The Bertz CT molecular complexity index is 554. The van der Waals surface area contributed by atoms with Gasteiger partial charge in [0.05, 0.1) is 4.90 Å². The van der Waals surface area contributed by atoms with Crippen LogP contribution in [0.15, 0.2) is 17.0 Å². The van der Waals surface area contributed by atoms with E-state index in [2.05, 4.69) is 17.1 Å². The van der Waals surface area contributed by atoms with E-state index in [0.29, 0.717) is 11.4 Å². The third kappa shape index (κ3) is 4.56. The molecule has 0 heterocycles. The molecule has 0 unspecified atom stereocenters. The first-order valence-corrected chi connectivity index (χ1v) is 8.27. The molecule has 0 aliphatic heterocycles. The van der Waals surface area contributed by atoms with Crippen LogP contribution in [0.4, 0.5) is 0 Å². The molecule has 0 aromatic heterocycles. The lowest BCUT2D eigenvalue weighted by Crippen LogP contribution is -2.36. The molecule has 0 spiro atoms. The average Bonchev–Trinajstić information content (AvgIpc) is 2.31. The van der Waals surface area contributed by atoms with Gasteiger partial charge in [-0.25, -0.2) is 13.4 Å². The number of hydrogen-bond donors (Lipinski definition) is 2. The summed E-state index contributed by atoms with van der Waals surface area (Å²) in [6.07, 6.45) is 1.05. The second kappa shape index (κ2) is 7.17. The predicted molar refractivity (Wildman–Crippen MR) is 81.9 cm³/mol. The Morgan fingerprint density at radius 2 is 1.85 bits per heavy atom. The fourth-order valence-electron chi connectivity index (χ4n) is 1.98. The van der Waals surface area contributed by atoms with E-state index in [1.807, 2.05) is 19.9 Å². The van der Waals surface area contributed by atoms with Crippen LogP contribution in [0.5, 0.6) is 0 Å². The molecule has 0 aliphatic carbocycles. The highest BCUT2D eigenvalue weighted by Crippen LogP contribution is 2.21.